The molecule has 4 heteroatoms. The molecule has 0 spiro atoms. The number of hydrogen-bond acceptors (Lipinski definition) is 2. The van der Waals surface area contributed by atoms with E-state index in [-0.39, 0.29) is 5.82 Å². The van der Waals surface area contributed by atoms with Crippen LogP contribution in [0.1, 0.15) is 5.56 Å². The van der Waals surface area contributed by atoms with E-state index in [1.54, 1.807) is 18.3 Å². The molecule has 0 atom stereocenters. The van der Waals surface area contributed by atoms with Crippen LogP contribution < -0.4 is 4.90 Å². The van der Waals surface area contributed by atoms with Crippen molar-refractivity contribution in [3.05, 3.63) is 58.4 Å². The zero-order chi connectivity index (χ0) is 13.0. The van der Waals surface area contributed by atoms with E-state index in [9.17, 15) is 4.39 Å². The van der Waals surface area contributed by atoms with Gasteiger partial charge in [0.1, 0.15) is 11.6 Å². The second-order valence-corrected chi connectivity index (χ2v) is 5.05. The molecule has 0 unspecified atom stereocenters. The van der Waals surface area contributed by atoms with Crippen molar-refractivity contribution in [1.82, 2.24) is 4.98 Å². The van der Waals surface area contributed by atoms with Crippen LogP contribution in [0.3, 0.4) is 0 Å². The van der Waals surface area contributed by atoms with Gasteiger partial charge in [0, 0.05) is 24.3 Å². The smallest absolute Gasteiger partial charge is 0.128 e. The van der Waals surface area contributed by atoms with E-state index < -0.39 is 0 Å². The number of pyridine rings is 1. The molecular formula is C14H14BrFN2. The highest BCUT2D eigenvalue weighted by molar-refractivity contribution is 9.10. The standard InChI is InChI=1S/C14H14BrFN2/c1-18(14-6-5-12(15)10-17-14)8-7-11-3-2-4-13(16)9-11/h2-6,9-10H,7-8H2,1H3. The lowest BCUT2D eigenvalue weighted by molar-refractivity contribution is 0.625. The van der Waals surface area contributed by atoms with E-state index >= 15 is 0 Å². The number of halogens is 2. The first-order valence-corrected chi connectivity index (χ1v) is 6.51. The normalized spacial score (nSPS) is 10.4. The lowest BCUT2D eigenvalue weighted by Gasteiger charge is -2.18. The molecule has 0 fully saturated rings. The first-order valence-electron chi connectivity index (χ1n) is 5.72. The van der Waals surface area contributed by atoms with Gasteiger partial charge in [0.15, 0.2) is 0 Å². The van der Waals surface area contributed by atoms with Crippen molar-refractivity contribution in [2.45, 2.75) is 6.42 Å². The zero-order valence-corrected chi connectivity index (χ0v) is 11.7. The van der Waals surface area contributed by atoms with Crippen LogP contribution in [0, 0.1) is 5.82 Å². The Balaban J connectivity index is 1.96. The Hall–Kier alpha value is -1.42. The molecule has 0 saturated carbocycles. The minimum absolute atomic E-state index is 0.183. The fourth-order valence-corrected chi connectivity index (χ4v) is 1.93. The second kappa shape index (κ2) is 5.96. The molecule has 2 rings (SSSR count). The number of rotatable bonds is 4. The molecule has 94 valence electrons. The number of likely N-dealkylation sites (N-methyl/N-ethyl adjacent to an activating group) is 1. The molecule has 18 heavy (non-hydrogen) atoms. The zero-order valence-electron chi connectivity index (χ0n) is 10.1. The van der Waals surface area contributed by atoms with E-state index in [2.05, 4.69) is 25.8 Å². The summed E-state index contributed by atoms with van der Waals surface area (Å²) in [6, 6.07) is 10.6. The Morgan fingerprint density at radius 1 is 1.28 bits per heavy atom. The predicted molar refractivity (Wildman–Crippen MR) is 75.3 cm³/mol. The Labute approximate surface area is 115 Å². The third kappa shape index (κ3) is 3.53. The molecule has 0 bridgehead atoms. The molecule has 1 aromatic carbocycles. The minimum Gasteiger partial charge on any atom is -0.359 e. The summed E-state index contributed by atoms with van der Waals surface area (Å²) < 4.78 is 14.0. The highest BCUT2D eigenvalue weighted by Crippen LogP contribution is 2.14. The molecule has 0 aliphatic heterocycles. The molecule has 0 aliphatic carbocycles. The summed E-state index contributed by atoms with van der Waals surface area (Å²) in [6.45, 7) is 0.804. The molecule has 2 aromatic rings. The van der Waals surface area contributed by atoms with Gasteiger partial charge in [-0.05, 0) is 52.2 Å². The Kier molecular flexibility index (Phi) is 4.31. The predicted octanol–water partition coefficient (Wildman–Crippen LogP) is 3.66. The number of anilines is 1. The van der Waals surface area contributed by atoms with Gasteiger partial charge in [-0.3, -0.25) is 0 Å². The van der Waals surface area contributed by atoms with Crippen molar-refractivity contribution in [2.75, 3.05) is 18.5 Å². The van der Waals surface area contributed by atoms with Gasteiger partial charge < -0.3 is 4.90 Å². The Morgan fingerprint density at radius 2 is 2.11 bits per heavy atom. The average Bonchev–Trinajstić information content (AvgIpc) is 2.37. The largest absolute Gasteiger partial charge is 0.359 e. The number of benzene rings is 1. The number of nitrogens with zero attached hydrogens (tertiary/aromatic N) is 2. The third-order valence-corrected chi connectivity index (χ3v) is 3.20. The highest BCUT2D eigenvalue weighted by Gasteiger charge is 2.03. The van der Waals surface area contributed by atoms with Gasteiger partial charge >= 0.3 is 0 Å². The summed E-state index contributed by atoms with van der Waals surface area (Å²) in [5.74, 6) is 0.728. The topological polar surface area (TPSA) is 16.1 Å². The number of hydrogen-bond donors (Lipinski definition) is 0. The van der Waals surface area contributed by atoms with Gasteiger partial charge in [-0.2, -0.15) is 0 Å². The van der Waals surface area contributed by atoms with Crippen LogP contribution in [0.5, 0.6) is 0 Å². The van der Waals surface area contributed by atoms with E-state index in [0.29, 0.717) is 0 Å². The summed E-state index contributed by atoms with van der Waals surface area (Å²) >= 11 is 3.36. The van der Waals surface area contributed by atoms with E-state index in [0.717, 1.165) is 28.8 Å². The van der Waals surface area contributed by atoms with E-state index in [1.807, 2.05) is 25.2 Å². The van der Waals surface area contributed by atoms with Gasteiger partial charge in [0.05, 0.1) is 0 Å². The maximum Gasteiger partial charge on any atom is 0.128 e. The lowest BCUT2D eigenvalue weighted by atomic mass is 10.1. The number of aromatic nitrogens is 1. The van der Waals surface area contributed by atoms with Crippen molar-refractivity contribution in [2.24, 2.45) is 0 Å². The minimum atomic E-state index is -0.183. The second-order valence-electron chi connectivity index (χ2n) is 4.14. The summed E-state index contributed by atoms with van der Waals surface area (Å²) in [5.41, 5.74) is 0.999. The first kappa shape index (κ1) is 13.0. The molecule has 0 aliphatic rings. The van der Waals surface area contributed by atoms with Gasteiger partial charge in [-0.15, -0.1) is 0 Å². The molecule has 2 nitrogen and oxygen atoms in total. The molecule has 1 aromatic heterocycles. The summed E-state index contributed by atoms with van der Waals surface area (Å²) in [5, 5.41) is 0. The van der Waals surface area contributed by atoms with Crippen molar-refractivity contribution >= 4 is 21.7 Å². The Bertz CT molecular complexity index is 513. The maximum atomic E-state index is 13.0. The van der Waals surface area contributed by atoms with Crippen LogP contribution in [0.4, 0.5) is 10.2 Å². The summed E-state index contributed by atoms with van der Waals surface area (Å²) in [4.78, 5) is 6.37. The van der Waals surface area contributed by atoms with Gasteiger partial charge in [-0.25, -0.2) is 9.37 Å². The fraction of sp³-hybridized carbons (Fsp3) is 0.214. The van der Waals surface area contributed by atoms with Crippen LogP contribution in [-0.4, -0.2) is 18.6 Å². The van der Waals surface area contributed by atoms with Crippen molar-refractivity contribution in [1.29, 1.82) is 0 Å². The van der Waals surface area contributed by atoms with E-state index in [1.165, 1.54) is 6.07 Å². The first-order chi connectivity index (χ1) is 8.65. The monoisotopic (exact) mass is 308 g/mol. The van der Waals surface area contributed by atoms with Crippen LogP contribution in [-0.2, 0) is 6.42 Å². The van der Waals surface area contributed by atoms with Gasteiger partial charge in [-0.1, -0.05) is 12.1 Å². The van der Waals surface area contributed by atoms with Crippen LogP contribution in [0.25, 0.3) is 0 Å². The Morgan fingerprint density at radius 3 is 2.78 bits per heavy atom. The quantitative estimate of drug-likeness (QED) is 0.857. The van der Waals surface area contributed by atoms with Gasteiger partial charge in [0.2, 0.25) is 0 Å². The lowest BCUT2D eigenvalue weighted by Crippen LogP contribution is -2.21. The van der Waals surface area contributed by atoms with E-state index in [4.69, 9.17) is 0 Å². The molecule has 1 heterocycles. The molecular weight excluding hydrogens is 295 g/mol. The molecule has 0 saturated heterocycles. The SMILES string of the molecule is CN(CCc1cccc(F)c1)c1ccc(Br)cn1. The summed E-state index contributed by atoms with van der Waals surface area (Å²) in [7, 11) is 1.98. The van der Waals surface area contributed by atoms with Crippen molar-refractivity contribution < 1.29 is 4.39 Å². The highest BCUT2D eigenvalue weighted by atomic mass is 79.9. The average molecular weight is 309 g/mol. The molecule has 0 N–H and O–H groups in total. The van der Waals surface area contributed by atoms with Crippen LogP contribution in [0.2, 0.25) is 0 Å². The molecule has 0 radical (unpaired) electrons. The van der Waals surface area contributed by atoms with Crippen molar-refractivity contribution in [3.63, 3.8) is 0 Å². The van der Waals surface area contributed by atoms with Crippen molar-refractivity contribution in [3.8, 4) is 0 Å². The maximum absolute atomic E-state index is 13.0. The molecule has 0 amide bonds. The van der Waals surface area contributed by atoms with Crippen LogP contribution >= 0.6 is 15.9 Å². The van der Waals surface area contributed by atoms with Crippen LogP contribution in [0.15, 0.2) is 47.1 Å². The summed E-state index contributed by atoms with van der Waals surface area (Å²) in [6.07, 6.45) is 2.57. The fourth-order valence-electron chi connectivity index (χ4n) is 1.70. The van der Waals surface area contributed by atoms with Gasteiger partial charge in [0.25, 0.3) is 0 Å². The third-order valence-electron chi connectivity index (χ3n) is 2.73.